The summed E-state index contributed by atoms with van der Waals surface area (Å²) >= 11 is 1.93. The Morgan fingerprint density at radius 3 is 2.69 bits per heavy atom. The van der Waals surface area contributed by atoms with Crippen LogP contribution in [0.1, 0.15) is 44.6 Å². The second-order valence-corrected chi connectivity index (χ2v) is 8.65. The van der Waals surface area contributed by atoms with E-state index in [-0.39, 0.29) is 6.04 Å². The molecule has 1 heterocycles. The molecule has 142 valence electrons. The molecule has 2 unspecified atom stereocenters. The first kappa shape index (κ1) is 19.2. The van der Waals surface area contributed by atoms with Crippen LogP contribution in [-0.2, 0) is 20.1 Å². The topological polar surface area (TPSA) is 67.4 Å². The van der Waals surface area contributed by atoms with E-state index in [9.17, 15) is 9.59 Å². The summed E-state index contributed by atoms with van der Waals surface area (Å²) in [6.45, 7) is 3.88. The van der Waals surface area contributed by atoms with E-state index in [1.807, 2.05) is 30.0 Å². The minimum Gasteiger partial charge on any atom is -0.381 e. The molecule has 2 amide bonds. The van der Waals surface area contributed by atoms with E-state index in [0.29, 0.717) is 16.9 Å². The van der Waals surface area contributed by atoms with Crippen molar-refractivity contribution in [1.82, 2.24) is 5.32 Å². The van der Waals surface area contributed by atoms with Gasteiger partial charge in [0, 0.05) is 35.9 Å². The molecule has 6 heteroatoms. The van der Waals surface area contributed by atoms with Crippen molar-refractivity contribution in [3.05, 3.63) is 29.8 Å². The fraction of sp³-hybridized carbons (Fsp3) is 0.600. The van der Waals surface area contributed by atoms with E-state index in [1.54, 1.807) is 0 Å². The lowest BCUT2D eigenvalue weighted by molar-refractivity contribution is -0.136. The lowest BCUT2D eigenvalue weighted by Gasteiger charge is -2.21. The van der Waals surface area contributed by atoms with Crippen molar-refractivity contribution >= 4 is 29.3 Å². The van der Waals surface area contributed by atoms with Crippen molar-refractivity contribution in [2.24, 2.45) is 5.92 Å². The highest BCUT2D eigenvalue weighted by Gasteiger charge is 2.25. The summed E-state index contributed by atoms with van der Waals surface area (Å²) in [6, 6.07) is 7.89. The zero-order valence-corrected chi connectivity index (χ0v) is 16.1. The number of amides is 2. The van der Waals surface area contributed by atoms with Crippen LogP contribution in [0.2, 0.25) is 0 Å². The monoisotopic (exact) mass is 376 g/mol. The highest BCUT2D eigenvalue weighted by Crippen LogP contribution is 2.27. The maximum atomic E-state index is 12.2. The van der Waals surface area contributed by atoms with Crippen molar-refractivity contribution in [3.8, 4) is 0 Å². The molecule has 3 rings (SSSR count). The fourth-order valence-corrected chi connectivity index (χ4v) is 4.71. The van der Waals surface area contributed by atoms with E-state index in [2.05, 4.69) is 23.6 Å². The number of anilines is 1. The number of hydrogen-bond acceptors (Lipinski definition) is 4. The summed E-state index contributed by atoms with van der Waals surface area (Å²) in [4.78, 5) is 24.2. The number of thioether (sulfide) groups is 1. The minimum atomic E-state index is -0.584. The molecule has 2 N–H and O–H groups in total. The number of hydrogen-bond donors (Lipinski definition) is 2. The van der Waals surface area contributed by atoms with E-state index in [1.165, 1.54) is 0 Å². The van der Waals surface area contributed by atoms with Gasteiger partial charge in [-0.25, -0.2) is 0 Å². The van der Waals surface area contributed by atoms with Gasteiger partial charge in [0.05, 0.1) is 0 Å². The lowest BCUT2D eigenvalue weighted by atomic mass is 10.1. The number of rotatable bonds is 5. The molecule has 1 saturated heterocycles. The molecule has 2 fully saturated rings. The predicted octanol–water partition coefficient (Wildman–Crippen LogP) is 3.34. The van der Waals surface area contributed by atoms with Crippen LogP contribution < -0.4 is 10.6 Å². The molecule has 0 bridgehead atoms. The molecule has 0 aromatic heterocycles. The molecule has 2 aliphatic rings. The Bertz CT molecular complexity index is 631. The third kappa shape index (κ3) is 5.74. The summed E-state index contributed by atoms with van der Waals surface area (Å²) in [5, 5.41) is 6.21. The van der Waals surface area contributed by atoms with Gasteiger partial charge in [-0.2, -0.15) is 11.8 Å². The van der Waals surface area contributed by atoms with Crippen LogP contribution in [0.3, 0.4) is 0 Å². The standard InChI is InChI=1S/C20H28N2O3S/c1-14-5-6-17(11-14)22-20(24)19(23)21-16-4-2-3-15(12-16)13-26-18-7-9-25-10-8-18/h2-4,12,14,17-18H,5-11,13H2,1H3,(H,21,23)(H,22,24). The van der Waals surface area contributed by atoms with Gasteiger partial charge in [0.2, 0.25) is 0 Å². The van der Waals surface area contributed by atoms with Crippen molar-refractivity contribution in [3.63, 3.8) is 0 Å². The smallest absolute Gasteiger partial charge is 0.313 e. The van der Waals surface area contributed by atoms with Gasteiger partial charge in [-0.3, -0.25) is 9.59 Å². The fourth-order valence-electron chi connectivity index (χ4n) is 3.57. The van der Waals surface area contributed by atoms with Gasteiger partial charge in [-0.05, 0) is 55.7 Å². The maximum absolute atomic E-state index is 12.2. The normalized spacial score (nSPS) is 23.6. The quantitative estimate of drug-likeness (QED) is 0.774. The average molecular weight is 377 g/mol. The average Bonchev–Trinajstić information content (AvgIpc) is 3.06. The molecule has 2 atom stereocenters. The Labute approximate surface area is 159 Å². The van der Waals surface area contributed by atoms with Crippen LogP contribution in [-0.4, -0.2) is 36.3 Å². The highest BCUT2D eigenvalue weighted by atomic mass is 32.2. The number of benzene rings is 1. The van der Waals surface area contributed by atoms with E-state index in [4.69, 9.17) is 4.74 Å². The summed E-state index contributed by atoms with van der Waals surface area (Å²) in [5.74, 6) is 0.402. The molecular formula is C20H28N2O3S. The summed E-state index contributed by atoms with van der Waals surface area (Å²) in [6.07, 6.45) is 5.22. The molecule has 1 aromatic rings. The van der Waals surface area contributed by atoms with Gasteiger partial charge < -0.3 is 15.4 Å². The van der Waals surface area contributed by atoms with Crippen LogP contribution in [0.25, 0.3) is 0 Å². The molecular weight excluding hydrogens is 348 g/mol. The molecule has 1 aromatic carbocycles. The number of ether oxygens (including phenoxy) is 1. The molecule has 0 spiro atoms. The van der Waals surface area contributed by atoms with Crippen molar-refractivity contribution in [2.45, 2.75) is 56.1 Å². The van der Waals surface area contributed by atoms with E-state index >= 15 is 0 Å². The predicted molar refractivity (Wildman–Crippen MR) is 105 cm³/mol. The Morgan fingerprint density at radius 1 is 1.15 bits per heavy atom. The Hall–Kier alpha value is -1.53. The van der Waals surface area contributed by atoms with Crippen LogP contribution in [0.5, 0.6) is 0 Å². The summed E-state index contributed by atoms with van der Waals surface area (Å²) in [5.41, 5.74) is 1.83. The molecule has 1 saturated carbocycles. The maximum Gasteiger partial charge on any atom is 0.313 e. The zero-order valence-electron chi connectivity index (χ0n) is 15.3. The number of nitrogens with one attached hydrogen (secondary N) is 2. The second kappa shape index (κ2) is 9.42. The number of carbonyl (C=O) groups excluding carboxylic acids is 2. The second-order valence-electron chi connectivity index (χ2n) is 7.37. The molecule has 0 radical (unpaired) electrons. The summed E-state index contributed by atoms with van der Waals surface area (Å²) < 4.78 is 5.39. The molecule has 1 aliphatic carbocycles. The molecule has 5 nitrogen and oxygen atoms in total. The highest BCUT2D eigenvalue weighted by molar-refractivity contribution is 7.99. The molecule has 1 aliphatic heterocycles. The first-order valence-electron chi connectivity index (χ1n) is 9.50. The van der Waals surface area contributed by atoms with Gasteiger partial charge in [0.25, 0.3) is 0 Å². The third-order valence-electron chi connectivity index (χ3n) is 5.08. The SMILES string of the molecule is CC1CCC(NC(=O)C(=O)Nc2cccc(CSC3CCOCC3)c2)C1. The van der Waals surface area contributed by atoms with Gasteiger partial charge in [-0.15, -0.1) is 0 Å². The summed E-state index contributed by atoms with van der Waals surface area (Å²) in [7, 11) is 0. The van der Waals surface area contributed by atoms with Crippen molar-refractivity contribution in [2.75, 3.05) is 18.5 Å². The first-order valence-corrected chi connectivity index (χ1v) is 10.5. The lowest BCUT2D eigenvalue weighted by Crippen LogP contribution is -2.40. The Morgan fingerprint density at radius 2 is 1.96 bits per heavy atom. The zero-order chi connectivity index (χ0) is 18.4. The first-order chi connectivity index (χ1) is 12.6. The van der Waals surface area contributed by atoms with Crippen LogP contribution in [0, 0.1) is 5.92 Å². The van der Waals surface area contributed by atoms with Gasteiger partial charge in [-0.1, -0.05) is 19.1 Å². The van der Waals surface area contributed by atoms with Gasteiger partial charge in [0.1, 0.15) is 0 Å². The number of carbonyl (C=O) groups is 2. The van der Waals surface area contributed by atoms with Crippen LogP contribution in [0.4, 0.5) is 5.69 Å². The third-order valence-corrected chi connectivity index (χ3v) is 6.52. The van der Waals surface area contributed by atoms with Crippen LogP contribution >= 0.6 is 11.8 Å². The van der Waals surface area contributed by atoms with Crippen LogP contribution in [0.15, 0.2) is 24.3 Å². The van der Waals surface area contributed by atoms with E-state index < -0.39 is 11.8 Å². The largest absolute Gasteiger partial charge is 0.381 e. The van der Waals surface area contributed by atoms with Gasteiger partial charge >= 0.3 is 11.8 Å². The Balaban J connectivity index is 1.47. The van der Waals surface area contributed by atoms with E-state index in [0.717, 1.165) is 56.6 Å². The molecule has 26 heavy (non-hydrogen) atoms. The van der Waals surface area contributed by atoms with Crippen molar-refractivity contribution < 1.29 is 14.3 Å². The van der Waals surface area contributed by atoms with Crippen molar-refractivity contribution in [1.29, 1.82) is 0 Å². The Kier molecular flexibility index (Phi) is 6.97. The minimum absolute atomic E-state index is 0.130. The van der Waals surface area contributed by atoms with Gasteiger partial charge in [0.15, 0.2) is 0 Å².